The third kappa shape index (κ3) is 2.74. The Labute approximate surface area is 160 Å². The molecular formula is C20H17N5O3. The highest BCUT2D eigenvalue weighted by Gasteiger charge is 2.38. The maximum Gasteiger partial charge on any atom is 0.275 e. The van der Waals surface area contributed by atoms with Crippen LogP contribution in [0.25, 0.3) is 0 Å². The summed E-state index contributed by atoms with van der Waals surface area (Å²) in [5.74, 6) is 1.44. The molecule has 0 fully saturated rings. The zero-order valence-electron chi connectivity index (χ0n) is 15.1. The Hall–Kier alpha value is -3.86. The van der Waals surface area contributed by atoms with Crippen molar-refractivity contribution >= 4 is 5.91 Å². The zero-order valence-corrected chi connectivity index (χ0v) is 15.1. The molecule has 28 heavy (non-hydrogen) atoms. The van der Waals surface area contributed by atoms with Gasteiger partial charge in [0.1, 0.15) is 11.7 Å². The lowest BCUT2D eigenvalue weighted by molar-refractivity contribution is 0.0667. The summed E-state index contributed by atoms with van der Waals surface area (Å²) in [5, 5.41) is 18.9. The number of carbonyl (C=O) groups is 1. The fraction of sp³-hybridized carbons (Fsp3) is 0.200. The van der Waals surface area contributed by atoms with Crippen LogP contribution >= 0.6 is 0 Å². The molecule has 8 nitrogen and oxygen atoms in total. The van der Waals surface area contributed by atoms with Crippen molar-refractivity contribution in [3.8, 4) is 18.1 Å². The van der Waals surface area contributed by atoms with Crippen LogP contribution in [0.1, 0.15) is 33.8 Å². The third-order valence-corrected chi connectivity index (χ3v) is 4.86. The molecule has 2 aromatic heterocycles. The molecule has 3 heterocycles. The number of amides is 1. The van der Waals surface area contributed by atoms with Crippen LogP contribution in [0.4, 0.5) is 0 Å². The van der Waals surface area contributed by atoms with E-state index in [0.717, 1.165) is 11.8 Å². The minimum Gasteiger partial charge on any atom is -0.502 e. The van der Waals surface area contributed by atoms with Crippen LogP contribution in [0.5, 0.6) is 5.75 Å². The van der Waals surface area contributed by atoms with Gasteiger partial charge >= 0.3 is 0 Å². The summed E-state index contributed by atoms with van der Waals surface area (Å²) in [5.41, 5.74) is 0.583. The first-order valence-corrected chi connectivity index (χ1v) is 8.64. The van der Waals surface area contributed by atoms with E-state index < -0.39 is 23.1 Å². The van der Waals surface area contributed by atoms with E-state index in [9.17, 15) is 14.7 Å². The summed E-state index contributed by atoms with van der Waals surface area (Å²) in [6.07, 6.45) is 8.26. The van der Waals surface area contributed by atoms with Gasteiger partial charge in [-0.25, -0.2) is 4.68 Å². The molecule has 140 valence electrons. The number of nitrogens with zero attached hydrogens (tertiary/aromatic N) is 5. The molecule has 1 aromatic carbocycles. The number of likely N-dealkylation sites (N-methyl/N-ethyl adjacent to an activating group) is 1. The molecule has 0 radical (unpaired) electrons. The first-order chi connectivity index (χ1) is 13.5. The van der Waals surface area contributed by atoms with Gasteiger partial charge in [0, 0.05) is 19.8 Å². The summed E-state index contributed by atoms with van der Waals surface area (Å²) in [6.45, 7) is 0.311. The maximum atomic E-state index is 12.6. The summed E-state index contributed by atoms with van der Waals surface area (Å²) in [7, 11) is 1.62. The molecule has 1 amide bonds. The Balaban J connectivity index is 1.94. The van der Waals surface area contributed by atoms with E-state index >= 15 is 0 Å². The van der Waals surface area contributed by atoms with Crippen molar-refractivity contribution in [1.29, 1.82) is 0 Å². The Morgan fingerprint density at radius 3 is 2.68 bits per heavy atom. The van der Waals surface area contributed by atoms with Gasteiger partial charge in [0.15, 0.2) is 11.4 Å². The van der Waals surface area contributed by atoms with E-state index in [1.54, 1.807) is 24.0 Å². The molecule has 0 saturated carbocycles. The predicted molar refractivity (Wildman–Crippen MR) is 101 cm³/mol. The number of aromatic hydroxyl groups is 1. The van der Waals surface area contributed by atoms with Crippen molar-refractivity contribution in [2.45, 2.75) is 12.1 Å². The standard InChI is InChI=1S/C20H17N5O3/c1-3-14-9-10-24(22-14)17(13-7-5-4-6-8-13)15-12-23(2)20(28)18-19(27)16(26)11-21-25(15)18/h1,4-11,15,17,27H,12H2,2H3. The van der Waals surface area contributed by atoms with Crippen molar-refractivity contribution in [3.63, 3.8) is 0 Å². The second-order valence-corrected chi connectivity index (χ2v) is 6.58. The first-order valence-electron chi connectivity index (χ1n) is 8.64. The van der Waals surface area contributed by atoms with Crippen LogP contribution < -0.4 is 5.43 Å². The van der Waals surface area contributed by atoms with E-state index in [1.807, 2.05) is 30.3 Å². The molecule has 4 rings (SSSR count). The van der Waals surface area contributed by atoms with Crippen molar-refractivity contribution in [3.05, 3.63) is 76.0 Å². The fourth-order valence-electron chi connectivity index (χ4n) is 3.54. The van der Waals surface area contributed by atoms with Crippen LogP contribution in [-0.4, -0.2) is 49.1 Å². The van der Waals surface area contributed by atoms with Gasteiger partial charge in [-0.05, 0) is 17.6 Å². The highest BCUT2D eigenvalue weighted by molar-refractivity contribution is 5.95. The molecule has 0 saturated heterocycles. The Bertz CT molecular complexity index is 1140. The van der Waals surface area contributed by atoms with Gasteiger partial charge in [0.2, 0.25) is 5.43 Å². The quantitative estimate of drug-likeness (QED) is 0.691. The molecule has 0 spiro atoms. The van der Waals surface area contributed by atoms with Crippen molar-refractivity contribution in [1.82, 2.24) is 24.5 Å². The van der Waals surface area contributed by atoms with Crippen molar-refractivity contribution < 1.29 is 9.90 Å². The number of hydrogen-bond donors (Lipinski definition) is 1. The average Bonchev–Trinajstić information content (AvgIpc) is 3.18. The van der Waals surface area contributed by atoms with Crippen molar-refractivity contribution in [2.24, 2.45) is 0 Å². The summed E-state index contributed by atoms with van der Waals surface area (Å²) in [4.78, 5) is 25.9. The second-order valence-electron chi connectivity index (χ2n) is 6.58. The average molecular weight is 375 g/mol. The molecule has 1 aliphatic heterocycles. The number of carbonyl (C=O) groups excluding carboxylic acids is 1. The zero-order chi connectivity index (χ0) is 19.8. The normalized spacial score (nSPS) is 17.1. The molecule has 0 bridgehead atoms. The van der Waals surface area contributed by atoms with E-state index in [-0.39, 0.29) is 11.7 Å². The third-order valence-electron chi connectivity index (χ3n) is 4.86. The highest BCUT2D eigenvalue weighted by Crippen LogP contribution is 2.35. The fourth-order valence-corrected chi connectivity index (χ4v) is 3.54. The summed E-state index contributed by atoms with van der Waals surface area (Å²) < 4.78 is 3.13. The van der Waals surface area contributed by atoms with Gasteiger partial charge < -0.3 is 10.0 Å². The Kier molecular flexibility index (Phi) is 4.20. The smallest absolute Gasteiger partial charge is 0.275 e. The lowest BCUT2D eigenvalue weighted by Gasteiger charge is -2.37. The van der Waals surface area contributed by atoms with E-state index in [1.165, 1.54) is 9.58 Å². The van der Waals surface area contributed by atoms with Gasteiger partial charge in [-0.2, -0.15) is 10.2 Å². The summed E-state index contributed by atoms with van der Waals surface area (Å²) in [6, 6.07) is 10.5. The monoisotopic (exact) mass is 375 g/mol. The van der Waals surface area contributed by atoms with Gasteiger partial charge in [-0.15, -0.1) is 6.42 Å². The van der Waals surface area contributed by atoms with E-state index in [4.69, 9.17) is 6.42 Å². The number of aromatic nitrogens is 4. The highest BCUT2D eigenvalue weighted by atomic mass is 16.3. The lowest BCUT2D eigenvalue weighted by atomic mass is 9.97. The van der Waals surface area contributed by atoms with E-state index in [2.05, 4.69) is 16.1 Å². The van der Waals surface area contributed by atoms with Crippen LogP contribution in [-0.2, 0) is 0 Å². The molecule has 0 aliphatic carbocycles. The van der Waals surface area contributed by atoms with Gasteiger partial charge in [0.25, 0.3) is 5.91 Å². The minimum absolute atomic E-state index is 0.128. The largest absolute Gasteiger partial charge is 0.502 e. The molecule has 2 unspecified atom stereocenters. The minimum atomic E-state index is -0.696. The van der Waals surface area contributed by atoms with Crippen LogP contribution in [0.15, 0.2) is 53.6 Å². The Morgan fingerprint density at radius 1 is 1.25 bits per heavy atom. The first kappa shape index (κ1) is 17.5. The molecule has 3 aromatic rings. The predicted octanol–water partition coefficient (Wildman–Crippen LogP) is 1.04. The second kappa shape index (κ2) is 6.70. The van der Waals surface area contributed by atoms with Crippen LogP contribution in [0, 0.1) is 12.3 Å². The maximum absolute atomic E-state index is 12.6. The molecule has 2 atom stereocenters. The Morgan fingerprint density at radius 2 is 2.00 bits per heavy atom. The number of terminal acetylenes is 1. The lowest BCUT2D eigenvalue weighted by Crippen LogP contribution is -2.46. The number of hydrogen-bond acceptors (Lipinski definition) is 5. The van der Waals surface area contributed by atoms with Crippen LogP contribution in [0.2, 0.25) is 0 Å². The summed E-state index contributed by atoms with van der Waals surface area (Å²) >= 11 is 0. The topological polar surface area (TPSA) is 93.3 Å². The molecule has 1 aliphatic rings. The SMILES string of the molecule is C#Cc1ccn(C(c2ccccc2)C2CN(C)C(=O)c3c(O)c(=O)cnn32)n1. The van der Waals surface area contributed by atoms with Crippen molar-refractivity contribution in [2.75, 3.05) is 13.6 Å². The number of benzene rings is 1. The van der Waals surface area contributed by atoms with Crippen LogP contribution in [0.3, 0.4) is 0 Å². The number of fused-ring (bicyclic) bond motifs is 1. The molecular weight excluding hydrogens is 358 g/mol. The van der Waals surface area contributed by atoms with Gasteiger partial charge in [0.05, 0.1) is 12.2 Å². The van der Waals surface area contributed by atoms with E-state index in [0.29, 0.717) is 12.2 Å². The number of rotatable bonds is 3. The molecule has 8 heteroatoms. The van der Waals surface area contributed by atoms with Gasteiger partial charge in [-0.1, -0.05) is 30.3 Å². The van der Waals surface area contributed by atoms with Gasteiger partial charge in [-0.3, -0.25) is 14.3 Å². The molecule has 1 N–H and O–H groups in total.